The summed E-state index contributed by atoms with van der Waals surface area (Å²) in [6, 6.07) is 1.70. The van der Waals surface area contributed by atoms with Crippen molar-refractivity contribution < 1.29 is 9.53 Å². The first-order chi connectivity index (χ1) is 9.04. The van der Waals surface area contributed by atoms with Gasteiger partial charge >= 0.3 is 0 Å². The second kappa shape index (κ2) is 6.21. The summed E-state index contributed by atoms with van der Waals surface area (Å²) < 4.78 is 5.41. The van der Waals surface area contributed by atoms with Gasteiger partial charge in [0.25, 0.3) is 0 Å². The van der Waals surface area contributed by atoms with Crippen LogP contribution in [-0.4, -0.2) is 52.3 Å². The van der Waals surface area contributed by atoms with Crippen LogP contribution in [0.4, 0.5) is 5.82 Å². The number of hydrogen-bond acceptors (Lipinski definition) is 6. The van der Waals surface area contributed by atoms with Crippen LogP contribution in [-0.2, 0) is 9.53 Å². The number of nitrogens with zero attached hydrogens (tertiary/aromatic N) is 3. The molecule has 7 heteroatoms. The Morgan fingerprint density at radius 2 is 2.42 bits per heavy atom. The van der Waals surface area contributed by atoms with Gasteiger partial charge in [-0.15, -0.1) is 0 Å². The van der Waals surface area contributed by atoms with Gasteiger partial charge < -0.3 is 15.4 Å². The lowest BCUT2D eigenvalue weighted by Gasteiger charge is -2.31. The molecule has 6 nitrogen and oxygen atoms in total. The van der Waals surface area contributed by atoms with E-state index in [4.69, 9.17) is 10.5 Å². The average molecular weight is 282 g/mol. The maximum absolute atomic E-state index is 12.0. The monoisotopic (exact) mass is 282 g/mol. The van der Waals surface area contributed by atoms with E-state index in [9.17, 15) is 4.79 Å². The minimum atomic E-state index is 0.0869. The molecule has 1 aromatic rings. The number of thioether (sulfide) groups is 1. The van der Waals surface area contributed by atoms with Crippen LogP contribution < -0.4 is 5.73 Å². The van der Waals surface area contributed by atoms with E-state index >= 15 is 0 Å². The minimum absolute atomic E-state index is 0.0869. The first-order valence-electron chi connectivity index (χ1n) is 6.18. The lowest BCUT2D eigenvalue weighted by atomic mass is 10.3. The molecule has 1 saturated heterocycles. The summed E-state index contributed by atoms with van der Waals surface area (Å²) in [6.45, 7) is 5.73. The molecule has 2 N–H and O–H groups in total. The van der Waals surface area contributed by atoms with Crippen molar-refractivity contribution in [1.82, 2.24) is 14.9 Å². The molecule has 0 aromatic carbocycles. The number of carbonyl (C=O) groups is 1. The van der Waals surface area contributed by atoms with E-state index in [1.54, 1.807) is 6.07 Å². The molecule has 1 amide bonds. The molecular formula is C12H18N4O2S. The predicted molar refractivity (Wildman–Crippen MR) is 73.9 cm³/mol. The first kappa shape index (κ1) is 14.1. The highest BCUT2D eigenvalue weighted by molar-refractivity contribution is 7.99. The molecule has 2 heterocycles. The Morgan fingerprint density at radius 1 is 1.63 bits per heavy atom. The average Bonchev–Trinajstić information content (AvgIpc) is 2.35. The summed E-state index contributed by atoms with van der Waals surface area (Å²) in [7, 11) is 0. The number of rotatable bonds is 3. The minimum Gasteiger partial charge on any atom is -0.384 e. The maximum Gasteiger partial charge on any atom is 0.233 e. The molecule has 0 saturated carbocycles. The highest BCUT2D eigenvalue weighted by Crippen LogP contribution is 2.16. The zero-order valence-electron chi connectivity index (χ0n) is 11.1. The molecule has 19 heavy (non-hydrogen) atoms. The van der Waals surface area contributed by atoms with Crippen LogP contribution in [0.3, 0.4) is 0 Å². The quantitative estimate of drug-likeness (QED) is 0.649. The highest BCUT2D eigenvalue weighted by Gasteiger charge is 2.21. The molecule has 0 aliphatic carbocycles. The Morgan fingerprint density at radius 3 is 3.11 bits per heavy atom. The van der Waals surface area contributed by atoms with E-state index in [2.05, 4.69) is 9.97 Å². The van der Waals surface area contributed by atoms with Gasteiger partial charge in [-0.1, -0.05) is 11.8 Å². The Kier molecular flexibility index (Phi) is 4.60. The Hall–Kier alpha value is -1.34. The largest absolute Gasteiger partial charge is 0.384 e. The fraction of sp³-hybridized carbons (Fsp3) is 0.583. The topological polar surface area (TPSA) is 81.3 Å². The summed E-state index contributed by atoms with van der Waals surface area (Å²) in [6.07, 6.45) is 0.105. The molecule has 1 atom stereocenters. The molecule has 0 radical (unpaired) electrons. The summed E-state index contributed by atoms with van der Waals surface area (Å²) in [4.78, 5) is 22.2. The number of ether oxygens (including phenoxy) is 1. The van der Waals surface area contributed by atoms with Gasteiger partial charge in [0.1, 0.15) is 5.82 Å². The molecule has 1 fully saturated rings. The normalized spacial score (nSPS) is 19.5. The van der Waals surface area contributed by atoms with E-state index in [0.717, 1.165) is 5.69 Å². The van der Waals surface area contributed by atoms with Crippen LogP contribution in [0.15, 0.2) is 11.2 Å². The van der Waals surface area contributed by atoms with Gasteiger partial charge in [0.2, 0.25) is 5.91 Å². The van der Waals surface area contributed by atoms with Gasteiger partial charge in [-0.3, -0.25) is 4.79 Å². The number of nitrogen functional groups attached to an aromatic ring is 1. The summed E-state index contributed by atoms with van der Waals surface area (Å²) >= 11 is 1.32. The zero-order valence-corrected chi connectivity index (χ0v) is 11.9. The molecule has 0 spiro atoms. The van der Waals surface area contributed by atoms with Crippen LogP contribution in [0.5, 0.6) is 0 Å². The standard InChI is InChI=1S/C12H18N4O2S/c1-8-5-10(13)15-12(14-8)19-7-11(17)16-3-4-18-9(2)6-16/h5,9H,3-4,6-7H2,1-2H3,(H2,13,14,15)/t9-/m0/s1. The van der Waals surface area contributed by atoms with Crippen molar-refractivity contribution >= 4 is 23.5 Å². The number of anilines is 1. The van der Waals surface area contributed by atoms with Crippen LogP contribution >= 0.6 is 11.8 Å². The van der Waals surface area contributed by atoms with E-state index in [1.165, 1.54) is 11.8 Å². The third-order valence-electron chi connectivity index (χ3n) is 2.77. The van der Waals surface area contributed by atoms with Crippen LogP contribution in [0.25, 0.3) is 0 Å². The highest BCUT2D eigenvalue weighted by atomic mass is 32.2. The Bertz CT molecular complexity index is 449. The lowest BCUT2D eigenvalue weighted by molar-refractivity contribution is -0.135. The third kappa shape index (κ3) is 4.07. The van der Waals surface area contributed by atoms with E-state index in [-0.39, 0.29) is 12.0 Å². The van der Waals surface area contributed by atoms with E-state index in [1.807, 2.05) is 18.7 Å². The van der Waals surface area contributed by atoms with Crippen molar-refractivity contribution in [3.63, 3.8) is 0 Å². The van der Waals surface area contributed by atoms with Gasteiger partial charge in [0.15, 0.2) is 5.16 Å². The van der Waals surface area contributed by atoms with Crippen LogP contribution in [0.2, 0.25) is 0 Å². The fourth-order valence-electron chi connectivity index (χ4n) is 1.89. The van der Waals surface area contributed by atoms with Crippen molar-refractivity contribution in [2.75, 3.05) is 31.2 Å². The zero-order chi connectivity index (χ0) is 13.8. The number of carbonyl (C=O) groups excluding carboxylic acids is 1. The fourth-order valence-corrected chi connectivity index (χ4v) is 2.71. The van der Waals surface area contributed by atoms with Gasteiger partial charge in [-0.25, -0.2) is 9.97 Å². The number of aromatic nitrogens is 2. The van der Waals surface area contributed by atoms with Crippen LogP contribution in [0, 0.1) is 6.92 Å². The van der Waals surface area contributed by atoms with Crippen LogP contribution in [0.1, 0.15) is 12.6 Å². The molecule has 0 unspecified atom stereocenters. The molecule has 1 aliphatic rings. The van der Waals surface area contributed by atoms with Crippen molar-refractivity contribution in [1.29, 1.82) is 0 Å². The second-order valence-electron chi connectivity index (χ2n) is 4.53. The van der Waals surface area contributed by atoms with Crippen molar-refractivity contribution in [2.45, 2.75) is 25.1 Å². The van der Waals surface area contributed by atoms with Crippen molar-refractivity contribution in [3.05, 3.63) is 11.8 Å². The van der Waals surface area contributed by atoms with Gasteiger partial charge in [0, 0.05) is 24.8 Å². The Labute approximate surface area is 116 Å². The number of nitrogens with two attached hydrogens (primary N) is 1. The van der Waals surface area contributed by atoms with Crippen molar-refractivity contribution in [3.8, 4) is 0 Å². The number of morpholine rings is 1. The smallest absolute Gasteiger partial charge is 0.233 e. The molecule has 1 aliphatic heterocycles. The van der Waals surface area contributed by atoms with Crippen molar-refractivity contribution in [2.24, 2.45) is 0 Å². The molecule has 1 aromatic heterocycles. The van der Waals surface area contributed by atoms with E-state index < -0.39 is 0 Å². The third-order valence-corrected chi connectivity index (χ3v) is 3.60. The van der Waals surface area contributed by atoms with Gasteiger partial charge in [0.05, 0.1) is 18.5 Å². The summed E-state index contributed by atoms with van der Waals surface area (Å²) in [5, 5.41) is 0.548. The molecular weight excluding hydrogens is 264 g/mol. The second-order valence-corrected chi connectivity index (χ2v) is 5.47. The molecule has 2 rings (SSSR count). The Balaban J connectivity index is 1.89. The summed E-state index contributed by atoms with van der Waals surface area (Å²) in [5.74, 6) is 0.849. The number of amides is 1. The van der Waals surface area contributed by atoms with Gasteiger partial charge in [-0.05, 0) is 13.8 Å². The van der Waals surface area contributed by atoms with E-state index in [0.29, 0.717) is 36.4 Å². The molecule has 104 valence electrons. The first-order valence-corrected chi connectivity index (χ1v) is 7.16. The molecule has 0 bridgehead atoms. The lowest BCUT2D eigenvalue weighted by Crippen LogP contribution is -2.45. The van der Waals surface area contributed by atoms with Gasteiger partial charge in [-0.2, -0.15) is 0 Å². The maximum atomic E-state index is 12.0. The predicted octanol–water partition coefficient (Wildman–Crippen LogP) is 0.707. The summed E-state index contributed by atoms with van der Waals surface area (Å²) in [5.41, 5.74) is 6.46. The SMILES string of the molecule is Cc1cc(N)nc(SCC(=O)N2CCO[C@@H](C)C2)n1. The number of aryl methyl sites for hydroxylation is 1. The number of hydrogen-bond donors (Lipinski definition) is 1.